The van der Waals surface area contributed by atoms with Gasteiger partial charge < -0.3 is 10.0 Å². The summed E-state index contributed by atoms with van der Waals surface area (Å²) in [7, 11) is -3.30. The van der Waals surface area contributed by atoms with Gasteiger partial charge in [-0.2, -0.15) is 0 Å². The predicted octanol–water partition coefficient (Wildman–Crippen LogP) is 0.647. The fourth-order valence-electron chi connectivity index (χ4n) is 3.09. The van der Waals surface area contributed by atoms with Crippen LogP contribution in [0.4, 0.5) is 0 Å². The van der Waals surface area contributed by atoms with E-state index in [0.29, 0.717) is 19.1 Å². The van der Waals surface area contributed by atoms with E-state index in [0.717, 1.165) is 12.8 Å². The number of likely N-dealkylation sites (tertiary alicyclic amines) is 1. The second-order valence-electron chi connectivity index (χ2n) is 5.76. The normalized spacial score (nSPS) is 26.4. The minimum atomic E-state index is -3.30. The van der Waals surface area contributed by atoms with E-state index in [2.05, 4.69) is 4.90 Å². The minimum absolute atomic E-state index is 0.297. The molecule has 19 heavy (non-hydrogen) atoms. The Morgan fingerprint density at radius 3 is 2.21 bits per heavy atom. The molecule has 2 aliphatic rings. The molecule has 112 valence electrons. The monoisotopic (exact) mass is 290 g/mol. The fraction of sp³-hybridized carbons (Fsp3) is 1.00. The Hall–Kier alpha value is -0.170. The quantitative estimate of drug-likeness (QED) is 0.826. The maximum atomic E-state index is 12.2. The molecule has 0 bridgehead atoms. The van der Waals surface area contributed by atoms with E-state index in [-0.39, 0.29) is 6.61 Å². The maximum Gasteiger partial charge on any atom is 0.218 e. The molecule has 2 rings (SSSR count). The van der Waals surface area contributed by atoms with E-state index < -0.39 is 15.3 Å². The van der Waals surface area contributed by atoms with Crippen LogP contribution in [-0.2, 0) is 10.0 Å². The molecule has 0 saturated carbocycles. The van der Waals surface area contributed by atoms with Crippen LogP contribution in [0.5, 0.6) is 0 Å². The van der Waals surface area contributed by atoms with Crippen molar-refractivity contribution < 1.29 is 13.5 Å². The molecule has 5 nitrogen and oxygen atoms in total. The van der Waals surface area contributed by atoms with Gasteiger partial charge in [-0.15, -0.1) is 0 Å². The Morgan fingerprint density at radius 1 is 1.11 bits per heavy atom. The molecular weight excluding hydrogens is 264 g/mol. The van der Waals surface area contributed by atoms with Crippen molar-refractivity contribution >= 4 is 10.0 Å². The molecule has 2 heterocycles. The van der Waals surface area contributed by atoms with Gasteiger partial charge in [0.2, 0.25) is 10.0 Å². The van der Waals surface area contributed by atoms with E-state index in [1.807, 2.05) is 0 Å². The standard InChI is InChI=1S/C13H26N2O3S/c1-12(11-16)19(17,18)15-9-5-13(6-10-15)14-7-3-2-4-8-14/h12-13,16H,2-11H2,1H3. The van der Waals surface area contributed by atoms with Crippen molar-refractivity contribution in [3.8, 4) is 0 Å². The van der Waals surface area contributed by atoms with Crippen LogP contribution in [0, 0.1) is 0 Å². The van der Waals surface area contributed by atoms with Crippen molar-refractivity contribution in [3.63, 3.8) is 0 Å². The Bertz CT molecular complexity index is 371. The highest BCUT2D eigenvalue weighted by Gasteiger charge is 2.33. The van der Waals surface area contributed by atoms with Crippen LogP contribution < -0.4 is 0 Å². The van der Waals surface area contributed by atoms with Crippen molar-refractivity contribution in [1.82, 2.24) is 9.21 Å². The first-order valence-corrected chi connectivity index (χ1v) is 8.90. The molecule has 2 fully saturated rings. The maximum absolute atomic E-state index is 12.2. The van der Waals surface area contributed by atoms with Gasteiger partial charge in [-0.25, -0.2) is 12.7 Å². The zero-order valence-electron chi connectivity index (χ0n) is 11.8. The predicted molar refractivity (Wildman–Crippen MR) is 75.5 cm³/mol. The van der Waals surface area contributed by atoms with E-state index in [4.69, 9.17) is 5.11 Å². The van der Waals surface area contributed by atoms with Gasteiger partial charge in [-0.3, -0.25) is 0 Å². The lowest BCUT2D eigenvalue weighted by molar-refractivity contribution is 0.117. The molecule has 0 aliphatic carbocycles. The fourth-order valence-corrected chi connectivity index (χ4v) is 4.51. The minimum Gasteiger partial charge on any atom is -0.395 e. The Morgan fingerprint density at radius 2 is 1.68 bits per heavy atom. The van der Waals surface area contributed by atoms with Crippen molar-refractivity contribution in [2.75, 3.05) is 32.8 Å². The van der Waals surface area contributed by atoms with Gasteiger partial charge in [0, 0.05) is 19.1 Å². The van der Waals surface area contributed by atoms with E-state index in [1.54, 1.807) is 11.2 Å². The van der Waals surface area contributed by atoms with Gasteiger partial charge in [0.15, 0.2) is 0 Å². The van der Waals surface area contributed by atoms with Gasteiger partial charge in [0.25, 0.3) is 0 Å². The van der Waals surface area contributed by atoms with Crippen LogP contribution in [-0.4, -0.2) is 66.8 Å². The van der Waals surface area contributed by atoms with Crippen LogP contribution >= 0.6 is 0 Å². The summed E-state index contributed by atoms with van der Waals surface area (Å²) in [6.07, 6.45) is 5.74. The Kier molecular flexibility index (Phi) is 5.22. The van der Waals surface area contributed by atoms with Crippen LogP contribution in [0.1, 0.15) is 39.0 Å². The summed E-state index contributed by atoms with van der Waals surface area (Å²) in [5, 5.41) is 8.36. The summed E-state index contributed by atoms with van der Waals surface area (Å²) < 4.78 is 25.9. The van der Waals surface area contributed by atoms with E-state index in [9.17, 15) is 8.42 Å². The third-order valence-corrected chi connectivity index (χ3v) is 6.71. The van der Waals surface area contributed by atoms with E-state index >= 15 is 0 Å². The van der Waals surface area contributed by atoms with E-state index in [1.165, 1.54) is 32.4 Å². The number of sulfonamides is 1. The molecule has 1 N–H and O–H groups in total. The van der Waals surface area contributed by atoms with Crippen molar-refractivity contribution in [1.29, 1.82) is 0 Å². The molecule has 0 amide bonds. The number of hydrogen-bond donors (Lipinski definition) is 1. The third-order valence-electron chi connectivity index (χ3n) is 4.46. The van der Waals surface area contributed by atoms with Gasteiger partial charge in [0.1, 0.15) is 0 Å². The zero-order chi connectivity index (χ0) is 13.9. The first kappa shape index (κ1) is 15.2. The molecule has 2 aliphatic heterocycles. The molecule has 1 unspecified atom stereocenters. The third kappa shape index (κ3) is 3.48. The van der Waals surface area contributed by atoms with Gasteiger partial charge in [0.05, 0.1) is 11.9 Å². The van der Waals surface area contributed by atoms with Gasteiger partial charge >= 0.3 is 0 Å². The number of nitrogens with zero attached hydrogens (tertiary/aromatic N) is 2. The zero-order valence-corrected chi connectivity index (χ0v) is 12.6. The molecule has 0 aromatic carbocycles. The van der Waals surface area contributed by atoms with Crippen LogP contribution in [0.2, 0.25) is 0 Å². The summed E-state index contributed by atoms with van der Waals surface area (Å²) >= 11 is 0. The molecule has 6 heteroatoms. The van der Waals surface area contributed by atoms with Crippen LogP contribution in [0.15, 0.2) is 0 Å². The Labute approximate surface area is 116 Å². The molecule has 0 aromatic rings. The number of aliphatic hydroxyl groups excluding tert-OH is 1. The van der Waals surface area contributed by atoms with Crippen molar-refractivity contribution in [2.45, 2.75) is 50.3 Å². The van der Waals surface area contributed by atoms with Crippen molar-refractivity contribution in [3.05, 3.63) is 0 Å². The molecule has 1 atom stereocenters. The number of aliphatic hydroxyl groups is 1. The summed E-state index contributed by atoms with van der Waals surface area (Å²) in [5.41, 5.74) is 0. The summed E-state index contributed by atoms with van der Waals surface area (Å²) in [6.45, 7) is 4.83. The summed E-state index contributed by atoms with van der Waals surface area (Å²) in [4.78, 5) is 2.53. The molecule has 0 spiro atoms. The van der Waals surface area contributed by atoms with Crippen LogP contribution in [0.3, 0.4) is 0 Å². The lowest BCUT2D eigenvalue weighted by atomic mass is 10.0. The lowest BCUT2D eigenvalue weighted by Gasteiger charge is -2.40. The first-order chi connectivity index (χ1) is 9.05. The average Bonchev–Trinajstić information content (AvgIpc) is 2.47. The van der Waals surface area contributed by atoms with Crippen LogP contribution in [0.25, 0.3) is 0 Å². The largest absolute Gasteiger partial charge is 0.395 e. The molecule has 0 aromatic heterocycles. The SMILES string of the molecule is CC(CO)S(=O)(=O)N1CCC(N2CCCCC2)CC1. The Balaban J connectivity index is 1.88. The molecule has 0 radical (unpaired) electrons. The highest BCUT2D eigenvalue weighted by Crippen LogP contribution is 2.23. The van der Waals surface area contributed by atoms with Gasteiger partial charge in [-0.05, 0) is 45.7 Å². The second-order valence-corrected chi connectivity index (χ2v) is 8.12. The number of hydrogen-bond acceptors (Lipinski definition) is 4. The highest BCUT2D eigenvalue weighted by molar-refractivity contribution is 7.89. The highest BCUT2D eigenvalue weighted by atomic mass is 32.2. The summed E-state index contributed by atoms with van der Waals surface area (Å²) in [5.74, 6) is 0. The van der Waals surface area contributed by atoms with Crippen molar-refractivity contribution in [2.24, 2.45) is 0 Å². The first-order valence-electron chi connectivity index (χ1n) is 7.39. The smallest absolute Gasteiger partial charge is 0.218 e. The summed E-state index contributed by atoms with van der Waals surface area (Å²) in [6, 6.07) is 0.552. The number of piperidine rings is 2. The second kappa shape index (κ2) is 6.52. The molecular formula is C13H26N2O3S. The topological polar surface area (TPSA) is 60.9 Å². The van der Waals surface area contributed by atoms with Gasteiger partial charge in [-0.1, -0.05) is 6.42 Å². The average molecular weight is 290 g/mol. The number of rotatable bonds is 4. The molecule has 2 saturated heterocycles. The lowest BCUT2D eigenvalue weighted by Crippen LogP contribution is -2.50.